The van der Waals surface area contributed by atoms with Crippen molar-refractivity contribution in [1.29, 1.82) is 5.26 Å². The minimum atomic E-state index is 0.393. The van der Waals surface area contributed by atoms with Crippen molar-refractivity contribution >= 4 is 22.5 Å². The summed E-state index contributed by atoms with van der Waals surface area (Å²) in [6.45, 7) is 0.911. The summed E-state index contributed by atoms with van der Waals surface area (Å²) >= 11 is 5.85. The third-order valence-electron chi connectivity index (χ3n) is 3.76. The van der Waals surface area contributed by atoms with Gasteiger partial charge in [0.05, 0.1) is 25.8 Å². The summed E-state index contributed by atoms with van der Waals surface area (Å²) in [5, 5.41) is 10.8. The first kappa shape index (κ1) is 17.8. The maximum atomic E-state index is 9.34. The average Bonchev–Trinajstić information content (AvgIpc) is 2.68. The van der Waals surface area contributed by atoms with Crippen LogP contribution in [0.3, 0.4) is 0 Å². The van der Waals surface area contributed by atoms with Crippen molar-refractivity contribution in [2.75, 3.05) is 20.3 Å². The second-order valence-corrected chi connectivity index (χ2v) is 5.94. The summed E-state index contributed by atoms with van der Waals surface area (Å²) in [7, 11) is 1.59. The number of nitrogens with zero attached hydrogens (tertiary/aromatic N) is 2. The van der Waals surface area contributed by atoms with E-state index in [9.17, 15) is 5.26 Å². The average molecular weight is 369 g/mol. The number of methoxy groups -OCH3 is 1. The maximum absolute atomic E-state index is 9.34. The number of ether oxygens (including phenoxy) is 3. The predicted molar refractivity (Wildman–Crippen MR) is 100 cm³/mol. The van der Waals surface area contributed by atoms with Crippen LogP contribution < -0.4 is 14.2 Å². The fraction of sp³-hybridized carbons (Fsp3) is 0.200. The Morgan fingerprint density at radius 1 is 1.04 bits per heavy atom. The Morgan fingerprint density at radius 2 is 1.77 bits per heavy atom. The van der Waals surface area contributed by atoms with Gasteiger partial charge in [0, 0.05) is 23.0 Å². The van der Waals surface area contributed by atoms with Gasteiger partial charge in [-0.2, -0.15) is 5.26 Å². The second kappa shape index (κ2) is 8.41. The zero-order chi connectivity index (χ0) is 18.4. The van der Waals surface area contributed by atoms with Crippen LogP contribution in [0.15, 0.2) is 48.7 Å². The molecule has 0 atom stereocenters. The normalized spacial score (nSPS) is 10.3. The van der Waals surface area contributed by atoms with Gasteiger partial charge in [0.25, 0.3) is 0 Å². The fourth-order valence-electron chi connectivity index (χ4n) is 2.46. The number of aromatic nitrogens is 1. The molecule has 26 heavy (non-hydrogen) atoms. The lowest BCUT2D eigenvalue weighted by molar-refractivity contribution is 0.248. The van der Waals surface area contributed by atoms with Crippen molar-refractivity contribution in [3.05, 3.63) is 59.2 Å². The van der Waals surface area contributed by atoms with Crippen molar-refractivity contribution in [3.63, 3.8) is 0 Å². The molecule has 0 saturated heterocycles. The fourth-order valence-corrected chi connectivity index (χ4v) is 2.59. The molecule has 0 amide bonds. The standard InChI is InChI=1S/C20H17ClN2O3/c1-24-17-7-8-19-18(11-17)20(14(12-22)13-23-19)26-10-2-9-25-16-5-3-15(21)4-6-16/h3-8,11,13H,2,9-10H2,1H3. The van der Waals surface area contributed by atoms with E-state index < -0.39 is 0 Å². The van der Waals surface area contributed by atoms with Gasteiger partial charge in [-0.15, -0.1) is 0 Å². The van der Waals surface area contributed by atoms with E-state index in [2.05, 4.69) is 11.1 Å². The Hall–Kier alpha value is -2.97. The molecule has 5 nitrogen and oxygen atoms in total. The minimum absolute atomic E-state index is 0.393. The molecule has 3 rings (SSSR count). The maximum Gasteiger partial charge on any atom is 0.148 e. The summed E-state index contributed by atoms with van der Waals surface area (Å²) in [6.07, 6.45) is 2.19. The van der Waals surface area contributed by atoms with E-state index in [1.165, 1.54) is 6.20 Å². The summed E-state index contributed by atoms with van der Waals surface area (Å²) in [4.78, 5) is 4.29. The van der Waals surface area contributed by atoms with Gasteiger partial charge >= 0.3 is 0 Å². The number of hydrogen-bond donors (Lipinski definition) is 0. The molecule has 0 spiro atoms. The Balaban J connectivity index is 1.66. The molecule has 0 aliphatic carbocycles. The Kier molecular flexibility index (Phi) is 5.77. The van der Waals surface area contributed by atoms with Crippen LogP contribution in [-0.2, 0) is 0 Å². The molecule has 2 aromatic carbocycles. The number of rotatable bonds is 7. The second-order valence-electron chi connectivity index (χ2n) is 5.50. The third kappa shape index (κ3) is 4.16. The minimum Gasteiger partial charge on any atom is -0.497 e. The van der Waals surface area contributed by atoms with E-state index in [0.717, 1.165) is 16.7 Å². The highest BCUT2D eigenvalue weighted by molar-refractivity contribution is 6.30. The lowest BCUT2D eigenvalue weighted by Gasteiger charge is -2.12. The first-order valence-electron chi connectivity index (χ1n) is 8.09. The van der Waals surface area contributed by atoms with E-state index >= 15 is 0 Å². The van der Waals surface area contributed by atoms with Crippen LogP contribution in [0.5, 0.6) is 17.2 Å². The van der Waals surface area contributed by atoms with Crippen molar-refractivity contribution in [2.24, 2.45) is 0 Å². The lowest BCUT2D eigenvalue weighted by atomic mass is 10.1. The van der Waals surface area contributed by atoms with Gasteiger partial charge in [-0.1, -0.05) is 11.6 Å². The molecule has 0 bridgehead atoms. The Morgan fingerprint density at radius 3 is 2.50 bits per heavy atom. The topological polar surface area (TPSA) is 64.4 Å². The molecule has 0 radical (unpaired) electrons. The monoisotopic (exact) mass is 368 g/mol. The largest absolute Gasteiger partial charge is 0.497 e. The van der Waals surface area contributed by atoms with Crippen molar-refractivity contribution in [1.82, 2.24) is 4.98 Å². The molecule has 0 aliphatic heterocycles. The van der Waals surface area contributed by atoms with E-state index in [4.69, 9.17) is 25.8 Å². The lowest BCUT2D eigenvalue weighted by Crippen LogP contribution is -2.06. The van der Waals surface area contributed by atoms with Crippen molar-refractivity contribution < 1.29 is 14.2 Å². The zero-order valence-corrected chi connectivity index (χ0v) is 15.0. The van der Waals surface area contributed by atoms with Gasteiger partial charge < -0.3 is 14.2 Å². The van der Waals surface area contributed by atoms with Crippen LogP contribution in [0.25, 0.3) is 10.9 Å². The molecule has 0 fully saturated rings. The van der Waals surface area contributed by atoms with Gasteiger partial charge in [-0.25, -0.2) is 0 Å². The number of nitriles is 1. The Labute approximate surface area is 156 Å². The summed E-state index contributed by atoms with van der Waals surface area (Å²) in [5.74, 6) is 1.96. The molecule has 0 saturated carbocycles. The number of pyridine rings is 1. The van der Waals surface area contributed by atoms with Crippen LogP contribution in [0.1, 0.15) is 12.0 Å². The SMILES string of the molecule is COc1ccc2ncc(C#N)c(OCCCOc3ccc(Cl)cc3)c2c1. The molecule has 1 aromatic heterocycles. The number of benzene rings is 2. The highest BCUT2D eigenvalue weighted by Gasteiger charge is 2.11. The molecular weight excluding hydrogens is 352 g/mol. The van der Waals surface area contributed by atoms with E-state index in [0.29, 0.717) is 41.7 Å². The van der Waals surface area contributed by atoms with Crippen LogP contribution in [0.4, 0.5) is 0 Å². The van der Waals surface area contributed by atoms with Crippen LogP contribution >= 0.6 is 11.6 Å². The first-order chi connectivity index (χ1) is 12.7. The molecule has 0 N–H and O–H groups in total. The van der Waals surface area contributed by atoms with Gasteiger partial charge in [0.15, 0.2) is 0 Å². The number of fused-ring (bicyclic) bond motifs is 1. The smallest absolute Gasteiger partial charge is 0.148 e. The summed E-state index contributed by atoms with van der Waals surface area (Å²) < 4.78 is 16.8. The van der Waals surface area contributed by atoms with Crippen molar-refractivity contribution in [3.8, 4) is 23.3 Å². The van der Waals surface area contributed by atoms with Crippen LogP contribution in [0.2, 0.25) is 5.02 Å². The molecule has 3 aromatic rings. The molecule has 0 unspecified atom stereocenters. The van der Waals surface area contributed by atoms with E-state index in [1.54, 1.807) is 19.2 Å². The Bertz CT molecular complexity index is 936. The highest BCUT2D eigenvalue weighted by atomic mass is 35.5. The third-order valence-corrected chi connectivity index (χ3v) is 4.02. The molecule has 1 heterocycles. The predicted octanol–water partition coefficient (Wildman–Crippen LogP) is 4.62. The van der Waals surface area contributed by atoms with E-state index in [-0.39, 0.29) is 0 Å². The summed E-state index contributed by atoms with van der Waals surface area (Å²) in [5.41, 5.74) is 1.14. The number of hydrogen-bond acceptors (Lipinski definition) is 5. The highest BCUT2D eigenvalue weighted by Crippen LogP contribution is 2.31. The number of halogens is 1. The van der Waals surface area contributed by atoms with Crippen LogP contribution in [-0.4, -0.2) is 25.3 Å². The van der Waals surface area contributed by atoms with Crippen LogP contribution in [0, 0.1) is 11.3 Å². The molecule has 0 aliphatic rings. The van der Waals surface area contributed by atoms with Gasteiger partial charge in [-0.3, -0.25) is 4.98 Å². The van der Waals surface area contributed by atoms with Gasteiger partial charge in [0.1, 0.15) is 28.9 Å². The molecule has 6 heteroatoms. The molecular formula is C20H17ClN2O3. The molecule has 132 valence electrons. The van der Waals surface area contributed by atoms with Gasteiger partial charge in [-0.05, 0) is 42.5 Å². The zero-order valence-electron chi connectivity index (χ0n) is 14.2. The quantitative estimate of drug-likeness (QED) is 0.569. The summed E-state index contributed by atoms with van der Waals surface area (Å²) in [6, 6.07) is 14.8. The first-order valence-corrected chi connectivity index (χ1v) is 8.47. The van der Waals surface area contributed by atoms with E-state index in [1.807, 2.05) is 30.3 Å². The van der Waals surface area contributed by atoms with Gasteiger partial charge in [0.2, 0.25) is 0 Å². The van der Waals surface area contributed by atoms with Crippen molar-refractivity contribution in [2.45, 2.75) is 6.42 Å².